The van der Waals surface area contributed by atoms with Crippen LogP contribution >= 0.6 is 0 Å². The van der Waals surface area contributed by atoms with Crippen molar-refractivity contribution in [3.05, 3.63) is 83.3 Å². The van der Waals surface area contributed by atoms with Crippen LogP contribution in [0.4, 0.5) is 5.95 Å². The maximum atomic E-state index is 11.9. The van der Waals surface area contributed by atoms with E-state index in [1.165, 1.54) is 28.2 Å². The van der Waals surface area contributed by atoms with Gasteiger partial charge in [0.2, 0.25) is 5.95 Å². The van der Waals surface area contributed by atoms with Crippen LogP contribution in [0.5, 0.6) is 5.75 Å². The Kier molecular flexibility index (Phi) is 8.65. The van der Waals surface area contributed by atoms with Gasteiger partial charge in [-0.05, 0) is 48.4 Å². The topological polar surface area (TPSA) is 83.7 Å². The molecule has 1 fully saturated rings. The average Bonchev–Trinajstić information content (AvgIpc) is 3.28. The number of fused-ring (bicyclic) bond motifs is 1. The van der Waals surface area contributed by atoms with Crippen LogP contribution in [0.3, 0.4) is 0 Å². The van der Waals surface area contributed by atoms with Crippen molar-refractivity contribution >= 4 is 22.8 Å². The zero-order valence-electron chi connectivity index (χ0n) is 23.7. The quantitative estimate of drug-likeness (QED) is 0.281. The number of benzene rings is 2. The van der Waals surface area contributed by atoms with Gasteiger partial charge in [-0.25, -0.2) is 14.8 Å². The van der Waals surface area contributed by atoms with Crippen LogP contribution in [0.25, 0.3) is 10.9 Å². The number of carboxylic acids is 1. The molecule has 8 nitrogen and oxygen atoms in total. The van der Waals surface area contributed by atoms with Crippen LogP contribution in [0.15, 0.2) is 60.9 Å². The molecule has 0 saturated carbocycles. The van der Waals surface area contributed by atoms with E-state index in [1.807, 2.05) is 18.2 Å². The van der Waals surface area contributed by atoms with Crippen LogP contribution in [-0.2, 0) is 19.9 Å². The second-order valence-corrected chi connectivity index (χ2v) is 10.8. The maximum absolute atomic E-state index is 11.9. The molecular weight excluding hydrogens is 502 g/mol. The van der Waals surface area contributed by atoms with Crippen LogP contribution < -0.4 is 9.64 Å². The molecule has 0 unspecified atom stereocenters. The number of piperazine rings is 1. The molecule has 8 heteroatoms. The van der Waals surface area contributed by atoms with Crippen LogP contribution in [0.1, 0.15) is 53.4 Å². The van der Waals surface area contributed by atoms with Crippen molar-refractivity contribution < 1.29 is 14.6 Å². The fraction of sp³-hybridized carbons (Fsp3) is 0.406. The number of aromatic carboxylic acids is 1. The van der Waals surface area contributed by atoms with E-state index in [1.54, 1.807) is 0 Å². The lowest BCUT2D eigenvalue weighted by Gasteiger charge is -2.34. The zero-order valence-corrected chi connectivity index (χ0v) is 23.7. The number of hydrogen-bond acceptors (Lipinski definition) is 6. The molecule has 2 aromatic heterocycles. The number of nitrogens with zero attached hydrogens (tertiary/aromatic N) is 5. The Hall–Kier alpha value is -3.91. The lowest BCUT2D eigenvalue weighted by molar-refractivity contribution is 0.0694. The fourth-order valence-electron chi connectivity index (χ4n) is 5.54. The molecule has 2 aromatic carbocycles. The molecule has 0 bridgehead atoms. The number of carbonyl (C=O) groups is 1. The number of aromatic nitrogens is 3. The van der Waals surface area contributed by atoms with Gasteiger partial charge < -0.3 is 19.3 Å². The van der Waals surface area contributed by atoms with Crippen molar-refractivity contribution in [1.29, 1.82) is 0 Å². The van der Waals surface area contributed by atoms with Gasteiger partial charge in [0, 0.05) is 63.1 Å². The third-order valence-corrected chi connectivity index (χ3v) is 7.79. The minimum Gasteiger partial charge on any atom is -0.492 e. The number of ether oxygens (including phenoxy) is 1. The van der Waals surface area contributed by atoms with E-state index in [9.17, 15) is 9.90 Å². The predicted octanol–water partition coefficient (Wildman–Crippen LogP) is 5.17. The largest absolute Gasteiger partial charge is 0.492 e. The summed E-state index contributed by atoms with van der Waals surface area (Å²) in [5.74, 6) is 1.04. The van der Waals surface area contributed by atoms with E-state index in [4.69, 9.17) is 9.72 Å². The molecule has 0 atom stereocenters. The highest BCUT2D eigenvalue weighted by Gasteiger charge is 2.22. The van der Waals surface area contributed by atoms with Crippen molar-refractivity contribution in [1.82, 2.24) is 19.4 Å². The molecule has 1 aliphatic heterocycles. The smallest absolute Gasteiger partial charge is 0.339 e. The number of anilines is 1. The highest BCUT2D eigenvalue weighted by molar-refractivity contribution is 5.88. The van der Waals surface area contributed by atoms with Crippen molar-refractivity contribution in [3.63, 3.8) is 0 Å². The van der Waals surface area contributed by atoms with Gasteiger partial charge >= 0.3 is 5.97 Å². The molecule has 1 saturated heterocycles. The monoisotopic (exact) mass is 541 g/mol. The van der Waals surface area contributed by atoms with Gasteiger partial charge in [0.05, 0.1) is 11.3 Å². The molecule has 0 aliphatic carbocycles. The Bertz CT molecular complexity index is 1460. The van der Waals surface area contributed by atoms with E-state index < -0.39 is 5.97 Å². The van der Waals surface area contributed by atoms with E-state index in [0.717, 1.165) is 51.3 Å². The Morgan fingerprint density at radius 1 is 1.02 bits per heavy atom. The first-order valence-corrected chi connectivity index (χ1v) is 14.2. The van der Waals surface area contributed by atoms with Crippen LogP contribution in [0, 0.1) is 0 Å². The van der Waals surface area contributed by atoms with Crippen molar-refractivity contribution in [2.45, 2.75) is 39.0 Å². The first-order valence-electron chi connectivity index (χ1n) is 14.2. The summed E-state index contributed by atoms with van der Waals surface area (Å²) in [6.45, 7) is 9.24. The maximum Gasteiger partial charge on any atom is 0.339 e. The van der Waals surface area contributed by atoms with E-state index in [-0.39, 0.29) is 5.56 Å². The lowest BCUT2D eigenvalue weighted by atomic mass is 10.0. The highest BCUT2D eigenvalue weighted by Crippen LogP contribution is 2.26. The molecule has 0 spiro atoms. The van der Waals surface area contributed by atoms with Gasteiger partial charge in [-0.1, -0.05) is 50.2 Å². The summed E-state index contributed by atoms with van der Waals surface area (Å²) < 4.78 is 8.27. The van der Waals surface area contributed by atoms with E-state index >= 15 is 0 Å². The van der Waals surface area contributed by atoms with E-state index in [0.29, 0.717) is 30.6 Å². The van der Waals surface area contributed by atoms with Gasteiger partial charge in [-0.3, -0.25) is 4.90 Å². The Labute approximate surface area is 236 Å². The molecule has 210 valence electrons. The van der Waals surface area contributed by atoms with Gasteiger partial charge in [-0.2, -0.15) is 0 Å². The number of aryl methyl sites for hydroxylation is 3. The Morgan fingerprint density at radius 3 is 2.55 bits per heavy atom. The molecule has 4 aromatic rings. The first kappa shape index (κ1) is 27.6. The normalized spacial score (nSPS) is 14.2. The average molecular weight is 542 g/mol. The summed E-state index contributed by atoms with van der Waals surface area (Å²) in [7, 11) is 2.06. The third-order valence-electron chi connectivity index (χ3n) is 7.79. The molecule has 5 rings (SSSR count). The second kappa shape index (κ2) is 12.5. The summed E-state index contributed by atoms with van der Waals surface area (Å²) in [5.41, 5.74) is 4.52. The first-order chi connectivity index (χ1) is 19.4. The molecule has 1 aliphatic rings. The van der Waals surface area contributed by atoms with E-state index in [2.05, 4.69) is 76.8 Å². The second-order valence-electron chi connectivity index (χ2n) is 10.8. The van der Waals surface area contributed by atoms with Crippen LogP contribution in [0.2, 0.25) is 0 Å². The highest BCUT2D eigenvalue weighted by atomic mass is 16.5. The summed E-state index contributed by atoms with van der Waals surface area (Å²) in [6.07, 6.45) is 5.92. The lowest BCUT2D eigenvalue weighted by Crippen LogP contribution is -2.48. The van der Waals surface area contributed by atoms with Crippen molar-refractivity contribution in [3.8, 4) is 5.75 Å². The molecule has 3 heterocycles. The number of hydrogen-bond donors (Lipinski definition) is 1. The third kappa shape index (κ3) is 6.28. The fourth-order valence-corrected chi connectivity index (χ4v) is 5.54. The van der Waals surface area contributed by atoms with Gasteiger partial charge in [0.15, 0.2) is 0 Å². The molecule has 0 amide bonds. The SMILES string of the molecule is CC(C)c1ccccc1OCCN1CCN(c2ncc(C(=O)O)c(CCCc3cn(C)c4ccccc34)n2)CC1. The van der Waals surface area contributed by atoms with Crippen LogP contribution in [-0.4, -0.2) is 69.8 Å². The summed E-state index contributed by atoms with van der Waals surface area (Å²) in [4.78, 5) is 25.7. The van der Waals surface area contributed by atoms with Crippen molar-refractivity contribution in [2.24, 2.45) is 7.05 Å². The molecule has 0 radical (unpaired) electrons. The number of carboxylic acid groups (broad SMARTS) is 1. The minimum atomic E-state index is -0.976. The van der Waals surface area contributed by atoms with Gasteiger partial charge in [-0.15, -0.1) is 0 Å². The number of para-hydroxylation sites is 2. The van der Waals surface area contributed by atoms with Gasteiger partial charge in [0.1, 0.15) is 12.4 Å². The zero-order chi connectivity index (χ0) is 28.1. The standard InChI is InChI=1S/C32H39N5O3/c1-23(2)25-10-5-7-14-30(25)40-20-19-36-15-17-37(18-16-36)32-33-21-27(31(38)39)28(34-32)12-8-9-24-22-35(3)29-13-6-4-11-26(24)29/h4-7,10-11,13-14,21-23H,8-9,12,15-20H2,1-3H3,(H,38,39). The van der Waals surface area contributed by atoms with Gasteiger partial charge in [0.25, 0.3) is 0 Å². The molecule has 1 N–H and O–H groups in total. The summed E-state index contributed by atoms with van der Waals surface area (Å²) in [6, 6.07) is 16.6. The Balaban J connectivity index is 1.16. The summed E-state index contributed by atoms with van der Waals surface area (Å²) >= 11 is 0. The van der Waals surface area contributed by atoms with Crippen molar-refractivity contribution in [2.75, 3.05) is 44.2 Å². The summed E-state index contributed by atoms with van der Waals surface area (Å²) in [5, 5.41) is 11.0. The number of rotatable bonds is 11. The minimum absolute atomic E-state index is 0.194. The molecular formula is C32H39N5O3. The predicted molar refractivity (Wildman–Crippen MR) is 159 cm³/mol. The Morgan fingerprint density at radius 2 is 1.77 bits per heavy atom. The molecule has 40 heavy (non-hydrogen) atoms.